The zero-order chi connectivity index (χ0) is 25.3. The molecule has 1 atom stereocenters. The molecule has 2 aromatic carbocycles. The number of hydrogen-bond donors (Lipinski definition) is 0. The monoisotopic (exact) mass is 533 g/mol. The number of sulfone groups is 1. The van der Waals surface area contributed by atoms with Crippen LogP contribution in [0.15, 0.2) is 46.3 Å². The molecule has 1 aromatic heterocycles. The van der Waals surface area contributed by atoms with Crippen molar-refractivity contribution in [2.75, 3.05) is 24.2 Å². The number of halogens is 1. The molecular weight excluding hydrogens is 506 g/mol. The van der Waals surface area contributed by atoms with E-state index in [1.807, 2.05) is 4.90 Å². The summed E-state index contributed by atoms with van der Waals surface area (Å²) in [4.78, 5) is 32.9. The first-order valence-electron chi connectivity index (χ1n) is 11.5. The number of nitrogens with zero attached hydrogens (tertiary/aromatic N) is 3. The number of thiazole rings is 1. The number of Topliss-reactive ketones (excluding diaryl/α,β-unsaturated/α-hetero) is 2. The lowest BCUT2D eigenvalue weighted by Crippen LogP contribution is -2.45. The van der Waals surface area contributed by atoms with E-state index in [0.717, 1.165) is 28.6 Å². The van der Waals surface area contributed by atoms with Gasteiger partial charge in [0.2, 0.25) is 0 Å². The first-order chi connectivity index (χ1) is 16.6. The summed E-state index contributed by atoms with van der Waals surface area (Å²) in [6, 6.07) is 9.75. The molecule has 7 nitrogen and oxygen atoms in total. The van der Waals surface area contributed by atoms with E-state index in [4.69, 9.17) is 11.6 Å². The second kappa shape index (κ2) is 10.2. The maximum absolute atomic E-state index is 13.3. The van der Waals surface area contributed by atoms with Crippen molar-refractivity contribution in [3.63, 3.8) is 0 Å². The Labute approximate surface area is 214 Å². The van der Waals surface area contributed by atoms with Gasteiger partial charge in [0.05, 0.1) is 16.7 Å². The summed E-state index contributed by atoms with van der Waals surface area (Å²) in [6.07, 6.45) is 2.33. The molecule has 0 N–H and O–H groups in total. The molecule has 0 radical (unpaired) electrons. The smallest absolute Gasteiger partial charge is 0.186 e. The number of carbonyl (C=O) groups is 2. The molecule has 0 saturated carbocycles. The van der Waals surface area contributed by atoms with E-state index in [2.05, 4.69) is 4.99 Å². The minimum absolute atomic E-state index is 0.0833. The Morgan fingerprint density at radius 2 is 1.86 bits per heavy atom. The molecule has 186 valence electrons. The van der Waals surface area contributed by atoms with Crippen molar-refractivity contribution in [3.05, 3.63) is 51.9 Å². The quantitative estimate of drug-likeness (QED) is 0.419. The predicted molar refractivity (Wildman–Crippen MR) is 140 cm³/mol. The highest BCUT2D eigenvalue weighted by Gasteiger charge is 2.33. The summed E-state index contributed by atoms with van der Waals surface area (Å²) in [5.74, 6) is -0.477. The minimum atomic E-state index is -3.65. The number of anilines is 1. The fourth-order valence-electron chi connectivity index (χ4n) is 4.64. The van der Waals surface area contributed by atoms with Gasteiger partial charge in [0.1, 0.15) is 10.7 Å². The third kappa shape index (κ3) is 5.22. The van der Waals surface area contributed by atoms with Crippen LogP contribution < -0.4 is 9.70 Å². The molecule has 0 amide bonds. The summed E-state index contributed by atoms with van der Waals surface area (Å²) >= 11 is 7.41. The number of piperidine rings is 1. The van der Waals surface area contributed by atoms with Crippen molar-refractivity contribution in [3.8, 4) is 0 Å². The molecule has 1 unspecified atom stereocenters. The molecule has 0 spiro atoms. The van der Waals surface area contributed by atoms with Crippen molar-refractivity contribution >= 4 is 60.1 Å². The highest BCUT2D eigenvalue weighted by Crippen LogP contribution is 2.32. The number of hydrogen-bond acceptors (Lipinski definition) is 7. The van der Waals surface area contributed by atoms with E-state index in [0.29, 0.717) is 28.5 Å². The minimum Gasteiger partial charge on any atom is -0.351 e. The van der Waals surface area contributed by atoms with Crippen LogP contribution in [0.5, 0.6) is 0 Å². The van der Waals surface area contributed by atoms with Gasteiger partial charge in [-0.3, -0.25) is 14.6 Å². The first kappa shape index (κ1) is 25.6. The maximum atomic E-state index is 13.3. The van der Waals surface area contributed by atoms with Gasteiger partial charge in [0, 0.05) is 39.0 Å². The SMILES string of the molecule is CN=c1sc(N2CCCCC2C(=O)CCS(=O)(=O)c2ccc3cc(Cl)ccc3c2)c(C(C)=O)n1C. The predicted octanol–water partition coefficient (Wildman–Crippen LogP) is 4.42. The summed E-state index contributed by atoms with van der Waals surface area (Å²) in [6.45, 7) is 2.15. The van der Waals surface area contributed by atoms with Crippen LogP contribution in [0.25, 0.3) is 10.8 Å². The molecule has 3 aromatic rings. The zero-order valence-corrected chi connectivity index (χ0v) is 22.3. The Bertz CT molecular complexity index is 1470. The average molecular weight is 534 g/mol. The molecule has 4 rings (SSSR count). The van der Waals surface area contributed by atoms with Gasteiger partial charge in [-0.15, -0.1) is 0 Å². The third-order valence-corrected chi connectivity index (χ3v) is 9.63. The highest BCUT2D eigenvalue weighted by atomic mass is 35.5. The second-order valence-electron chi connectivity index (χ2n) is 8.77. The maximum Gasteiger partial charge on any atom is 0.186 e. The van der Waals surface area contributed by atoms with Crippen molar-refractivity contribution in [2.45, 2.75) is 43.5 Å². The molecule has 1 aliphatic heterocycles. The fourth-order valence-corrected chi connectivity index (χ4v) is 7.31. The van der Waals surface area contributed by atoms with E-state index < -0.39 is 15.9 Å². The standard InChI is InChI=1S/C25H28ClN3O4S2/c1-16(30)23-24(34-25(27-2)28(23)3)29-12-5-4-6-21(29)22(31)11-13-35(32,33)20-10-8-17-14-19(26)9-7-18(17)15-20/h7-10,14-15,21H,4-6,11-13H2,1-3H3. The Kier molecular flexibility index (Phi) is 7.49. The molecule has 2 heterocycles. The zero-order valence-electron chi connectivity index (χ0n) is 20.0. The van der Waals surface area contributed by atoms with E-state index in [1.165, 1.54) is 18.3 Å². The molecule has 1 fully saturated rings. The van der Waals surface area contributed by atoms with Gasteiger partial charge >= 0.3 is 0 Å². The number of benzene rings is 2. The van der Waals surface area contributed by atoms with E-state index >= 15 is 0 Å². The van der Waals surface area contributed by atoms with Crippen molar-refractivity contribution < 1.29 is 18.0 Å². The molecule has 10 heteroatoms. The van der Waals surface area contributed by atoms with Crippen LogP contribution in [0.2, 0.25) is 5.02 Å². The van der Waals surface area contributed by atoms with Crippen LogP contribution in [0, 0.1) is 0 Å². The summed E-state index contributed by atoms with van der Waals surface area (Å²) in [5, 5.41) is 2.95. The summed E-state index contributed by atoms with van der Waals surface area (Å²) < 4.78 is 27.9. The van der Waals surface area contributed by atoms with Crippen molar-refractivity contribution in [1.82, 2.24) is 4.57 Å². The Hall–Kier alpha value is -2.49. The van der Waals surface area contributed by atoms with E-state index in [9.17, 15) is 18.0 Å². The lowest BCUT2D eigenvalue weighted by molar-refractivity contribution is -0.120. The average Bonchev–Trinajstić information content (AvgIpc) is 3.18. The van der Waals surface area contributed by atoms with Gasteiger partial charge in [0.15, 0.2) is 26.2 Å². The van der Waals surface area contributed by atoms with Crippen LogP contribution in [0.1, 0.15) is 43.1 Å². The Morgan fingerprint density at radius 1 is 1.14 bits per heavy atom. The van der Waals surface area contributed by atoms with Gasteiger partial charge in [-0.05, 0) is 54.3 Å². The first-order valence-corrected chi connectivity index (χ1v) is 14.3. The number of carbonyl (C=O) groups excluding carboxylic acids is 2. The highest BCUT2D eigenvalue weighted by molar-refractivity contribution is 7.91. The number of ketones is 2. The Balaban J connectivity index is 1.56. The van der Waals surface area contributed by atoms with Gasteiger partial charge in [-0.1, -0.05) is 35.1 Å². The van der Waals surface area contributed by atoms with Crippen LogP contribution in [0.3, 0.4) is 0 Å². The van der Waals surface area contributed by atoms with Gasteiger partial charge < -0.3 is 9.47 Å². The normalized spacial score (nSPS) is 17.2. The molecule has 0 aliphatic carbocycles. The summed E-state index contributed by atoms with van der Waals surface area (Å²) in [7, 11) is -0.182. The lowest BCUT2D eigenvalue weighted by Gasteiger charge is -2.36. The molecular formula is C25H28ClN3O4S2. The Morgan fingerprint density at radius 3 is 2.57 bits per heavy atom. The molecule has 0 bridgehead atoms. The fraction of sp³-hybridized carbons (Fsp3) is 0.400. The van der Waals surface area contributed by atoms with Crippen LogP contribution in [-0.2, 0) is 21.7 Å². The van der Waals surface area contributed by atoms with E-state index in [1.54, 1.807) is 55.1 Å². The summed E-state index contributed by atoms with van der Waals surface area (Å²) in [5.41, 5.74) is 0.527. The number of fused-ring (bicyclic) bond motifs is 1. The van der Waals surface area contributed by atoms with Gasteiger partial charge in [-0.2, -0.15) is 0 Å². The molecule has 35 heavy (non-hydrogen) atoms. The second-order valence-corrected chi connectivity index (χ2v) is 12.3. The van der Waals surface area contributed by atoms with Gasteiger partial charge in [-0.25, -0.2) is 8.42 Å². The number of rotatable bonds is 7. The van der Waals surface area contributed by atoms with Crippen molar-refractivity contribution in [1.29, 1.82) is 0 Å². The van der Waals surface area contributed by atoms with Crippen LogP contribution >= 0.6 is 22.9 Å². The molecule has 1 aliphatic rings. The van der Waals surface area contributed by atoms with Crippen LogP contribution in [-0.4, -0.2) is 49.9 Å². The van der Waals surface area contributed by atoms with Gasteiger partial charge in [0.25, 0.3) is 0 Å². The van der Waals surface area contributed by atoms with E-state index in [-0.39, 0.29) is 28.6 Å². The van der Waals surface area contributed by atoms with Crippen molar-refractivity contribution in [2.24, 2.45) is 12.0 Å². The molecule has 1 saturated heterocycles. The largest absolute Gasteiger partial charge is 0.351 e. The topological polar surface area (TPSA) is 88.8 Å². The third-order valence-electron chi connectivity index (χ3n) is 6.42. The van der Waals surface area contributed by atoms with Crippen LogP contribution in [0.4, 0.5) is 5.00 Å². The number of aromatic nitrogens is 1. The lowest BCUT2D eigenvalue weighted by atomic mass is 9.97.